The van der Waals surface area contributed by atoms with Gasteiger partial charge >= 0.3 is 0 Å². The predicted octanol–water partition coefficient (Wildman–Crippen LogP) is 2.87. The lowest BCUT2D eigenvalue weighted by Gasteiger charge is -2.31. The Morgan fingerprint density at radius 1 is 0.921 bits per heavy atom. The molecule has 1 saturated heterocycles. The average molecular weight is 525 g/mol. The van der Waals surface area contributed by atoms with Crippen LogP contribution in [0.1, 0.15) is 76.2 Å². The van der Waals surface area contributed by atoms with Gasteiger partial charge in [-0.05, 0) is 62.5 Å². The van der Waals surface area contributed by atoms with Crippen LogP contribution in [0.15, 0.2) is 24.3 Å². The number of hydrogen-bond acceptors (Lipinski definition) is 5. The van der Waals surface area contributed by atoms with Crippen molar-refractivity contribution in [2.45, 2.75) is 89.6 Å². The van der Waals surface area contributed by atoms with Crippen molar-refractivity contribution in [3.63, 3.8) is 0 Å². The number of aryl methyl sites for hydroxylation is 1. The van der Waals surface area contributed by atoms with Gasteiger partial charge in [-0.1, -0.05) is 50.3 Å². The van der Waals surface area contributed by atoms with E-state index in [9.17, 15) is 24.0 Å². The summed E-state index contributed by atoms with van der Waals surface area (Å²) in [6.45, 7) is 2.12. The van der Waals surface area contributed by atoms with Crippen LogP contribution in [-0.2, 0) is 24.0 Å². The van der Waals surface area contributed by atoms with Crippen molar-refractivity contribution in [1.82, 2.24) is 15.5 Å². The molecule has 1 aromatic carbocycles. The highest BCUT2D eigenvalue weighted by Crippen LogP contribution is 2.31. The van der Waals surface area contributed by atoms with Crippen molar-refractivity contribution in [2.24, 2.45) is 11.8 Å². The summed E-state index contributed by atoms with van der Waals surface area (Å²) < 4.78 is 0. The number of carbonyl (C=O) groups is 5. The van der Waals surface area contributed by atoms with Crippen molar-refractivity contribution in [3.8, 4) is 0 Å². The lowest BCUT2D eigenvalue weighted by atomic mass is 9.80. The number of carbonyl (C=O) groups excluding carboxylic acids is 5. The molecule has 2 saturated carbocycles. The summed E-state index contributed by atoms with van der Waals surface area (Å²) in [5.41, 5.74) is 1.39. The highest BCUT2D eigenvalue weighted by atomic mass is 16.2. The van der Waals surface area contributed by atoms with Crippen LogP contribution in [0.5, 0.6) is 0 Å². The molecule has 1 heterocycles. The number of nitrogens with zero attached hydrogens (tertiary/aromatic N) is 1. The van der Waals surface area contributed by atoms with Gasteiger partial charge in [0.15, 0.2) is 0 Å². The van der Waals surface area contributed by atoms with Gasteiger partial charge in [-0.25, -0.2) is 0 Å². The van der Waals surface area contributed by atoms with Crippen LogP contribution in [0, 0.1) is 18.8 Å². The molecule has 2 aliphatic carbocycles. The minimum Gasteiger partial charge on any atom is -0.347 e. The summed E-state index contributed by atoms with van der Waals surface area (Å²) in [5.74, 6) is -1.61. The summed E-state index contributed by atoms with van der Waals surface area (Å²) >= 11 is 0. The molecule has 0 radical (unpaired) electrons. The van der Waals surface area contributed by atoms with Gasteiger partial charge in [0.25, 0.3) is 5.91 Å². The minimum absolute atomic E-state index is 0.128. The van der Waals surface area contributed by atoms with Crippen LogP contribution in [0.4, 0.5) is 5.69 Å². The molecule has 1 aromatic rings. The fraction of sp³-hybridized carbons (Fsp3) is 0.621. The van der Waals surface area contributed by atoms with E-state index in [1.165, 1.54) is 4.90 Å². The average Bonchev–Trinajstić information content (AvgIpc) is 3.57. The smallest absolute Gasteiger partial charge is 0.293 e. The van der Waals surface area contributed by atoms with Gasteiger partial charge in [0.05, 0.1) is 12.6 Å². The van der Waals surface area contributed by atoms with Crippen LogP contribution in [0.3, 0.4) is 0 Å². The van der Waals surface area contributed by atoms with E-state index in [1.54, 1.807) is 12.1 Å². The van der Waals surface area contributed by atoms with Crippen molar-refractivity contribution < 1.29 is 24.0 Å². The number of para-hydroxylation sites is 1. The molecule has 38 heavy (non-hydrogen) atoms. The van der Waals surface area contributed by atoms with Crippen molar-refractivity contribution >= 4 is 35.1 Å². The molecular formula is C29H40N4O5. The molecule has 0 spiro atoms. The molecule has 9 nitrogen and oxygen atoms in total. The summed E-state index contributed by atoms with van der Waals surface area (Å²) in [7, 11) is 0. The van der Waals surface area contributed by atoms with Gasteiger partial charge in [0.1, 0.15) is 6.04 Å². The van der Waals surface area contributed by atoms with E-state index in [2.05, 4.69) is 16.0 Å². The quantitative estimate of drug-likeness (QED) is 0.384. The van der Waals surface area contributed by atoms with Gasteiger partial charge in [0, 0.05) is 18.7 Å². The minimum atomic E-state index is -0.944. The normalized spacial score (nSPS) is 20.4. The lowest BCUT2D eigenvalue weighted by molar-refractivity contribution is -0.141. The number of hydrogen-bond donors (Lipinski definition) is 3. The van der Waals surface area contributed by atoms with Gasteiger partial charge in [-0.15, -0.1) is 0 Å². The number of nitrogens with one attached hydrogen (secondary N) is 3. The third-order valence-electron chi connectivity index (χ3n) is 8.31. The molecule has 9 heteroatoms. The summed E-state index contributed by atoms with van der Waals surface area (Å²) in [5, 5.41) is 8.20. The fourth-order valence-corrected chi connectivity index (χ4v) is 5.78. The van der Waals surface area contributed by atoms with Crippen LogP contribution in [0.2, 0.25) is 0 Å². The zero-order valence-electron chi connectivity index (χ0n) is 22.3. The van der Waals surface area contributed by atoms with Gasteiger partial charge in [-0.2, -0.15) is 0 Å². The second-order valence-electron chi connectivity index (χ2n) is 11.1. The van der Waals surface area contributed by atoms with E-state index in [0.29, 0.717) is 43.8 Å². The van der Waals surface area contributed by atoms with E-state index >= 15 is 0 Å². The molecule has 4 amide bonds. The SMILES string of the molecule is Cc1ccccc1NC(=O)C(=O)C(CC1CCC1)NC(=O)C1CCCN1C(=O)CNC(=O)CC1CCCC1. The number of anilines is 1. The van der Waals surface area contributed by atoms with Crippen LogP contribution in [0.25, 0.3) is 0 Å². The van der Waals surface area contributed by atoms with Crippen LogP contribution >= 0.6 is 0 Å². The monoisotopic (exact) mass is 524 g/mol. The molecule has 206 valence electrons. The van der Waals surface area contributed by atoms with Crippen molar-refractivity contribution in [2.75, 3.05) is 18.4 Å². The summed E-state index contributed by atoms with van der Waals surface area (Å²) in [6.07, 6.45) is 9.41. The molecule has 3 N–H and O–H groups in total. The Balaban J connectivity index is 1.34. The maximum Gasteiger partial charge on any atom is 0.293 e. The molecule has 0 bridgehead atoms. The summed E-state index contributed by atoms with van der Waals surface area (Å²) in [6, 6.07) is 5.54. The predicted molar refractivity (Wildman–Crippen MR) is 143 cm³/mol. The molecule has 0 aromatic heterocycles. The molecule has 1 aliphatic heterocycles. The van der Waals surface area contributed by atoms with Gasteiger partial charge in [-0.3, -0.25) is 24.0 Å². The third-order valence-corrected chi connectivity index (χ3v) is 8.31. The van der Waals surface area contributed by atoms with E-state index < -0.39 is 29.7 Å². The first-order chi connectivity index (χ1) is 18.3. The Morgan fingerprint density at radius 2 is 1.63 bits per heavy atom. The Hall–Kier alpha value is -3.23. The number of amides is 4. The second kappa shape index (κ2) is 13.0. The number of likely N-dealkylation sites (tertiary alicyclic amines) is 1. The Bertz CT molecular complexity index is 1050. The zero-order chi connectivity index (χ0) is 27.1. The highest BCUT2D eigenvalue weighted by Gasteiger charge is 2.38. The maximum absolute atomic E-state index is 13.3. The number of ketones is 1. The van der Waals surface area contributed by atoms with E-state index in [0.717, 1.165) is 50.5 Å². The number of rotatable bonds is 11. The van der Waals surface area contributed by atoms with Gasteiger partial charge in [0.2, 0.25) is 23.5 Å². The van der Waals surface area contributed by atoms with Gasteiger partial charge < -0.3 is 20.9 Å². The van der Waals surface area contributed by atoms with E-state index in [4.69, 9.17) is 0 Å². The first-order valence-corrected chi connectivity index (χ1v) is 14.1. The molecular weight excluding hydrogens is 484 g/mol. The first-order valence-electron chi connectivity index (χ1n) is 14.1. The summed E-state index contributed by atoms with van der Waals surface area (Å²) in [4.78, 5) is 65.9. The van der Waals surface area contributed by atoms with Crippen LogP contribution in [-0.4, -0.2) is 59.5 Å². The molecule has 2 atom stereocenters. The number of Topliss-reactive ketones (excluding diaryl/α,β-unsaturated/α-hetero) is 1. The van der Waals surface area contributed by atoms with Crippen LogP contribution < -0.4 is 16.0 Å². The zero-order valence-corrected chi connectivity index (χ0v) is 22.3. The molecule has 3 aliphatic rings. The maximum atomic E-state index is 13.3. The third kappa shape index (κ3) is 7.20. The molecule has 4 rings (SSSR count). The van der Waals surface area contributed by atoms with E-state index in [-0.39, 0.29) is 24.3 Å². The Morgan fingerprint density at radius 3 is 2.32 bits per heavy atom. The second-order valence-corrected chi connectivity index (χ2v) is 11.1. The first kappa shape index (κ1) is 27.8. The largest absolute Gasteiger partial charge is 0.347 e. The highest BCUT2D eigenvalue weighted by molar-refractivity contribution is 6.42. The van der Waals surface area contributed by atoms with Crippen molar-refractivity contribution in [1.29, 1.82) is 0 Å². The van der Waals surface area contributed by atoms with E-state index in [1.807, 2.05) is 19.1 Å². The van der Waals surface area contributed by atoms with Crippen molar-refractivity contribution in [3.05, 3.63) is 29.8 Å². The topological polar surface area (TPSA) is 125 Å². The lowest BCUT2D eigenvalue weighted by Crippen LogP contribution is -2.54. The fourth-order valence-electron chi connectivity index (χ4n) is 5.78. The molecule has 2 unspecified atom stereocenters. The Labute approximate surface area is 224 Å². The Kier molecular flexibility index (Phi) is 9.53. The standard InChI is InChI=1S/C29H40N4O5/c1-19-8-2-5-13-22(19)31-29(38)27(36)23(16-20-11-6-12-20)32-28(37)24-14-7-15-33(24)26(35)18-30-25(34)17-21-9-3-4-10-21/h2,5,8,13,20-21,23-24H,3-4,6-7,9-12,14-18H2,1H3,(H,30,34)(H,31,38)(H,32,37). The molecule has 3 fully saturated rings. The number of benzene rings is 1.